The van der Waals surface area contributed by atoms with Crippen molar-refractivity contribution in [1.29, 1.82) is 0 Å². The van der Waals surface area contributed by atoms with Crippen molar-refractivity contribution in [2.75, 3.05) is 26.7 Å². The molecule has 1 aromatic carbocycles. The fraction of sp³-hybridized carbons (Fsp3) is 0.467. The largest absolute Gasteiger partial charge is 0.497 e. The van der Waals surface area contributed by atoms with Gasteiger partial charge in [-0.2, -0.15) is 0 Å². The number of methoxy groups -OCH3 is 1. The summed E-state index contributed by atoms with van der Waals surface area (Å²) in [6, 6.07) is 6.80. The minimum Gasteiger partial charge on any atom is -0.497 e. The summed E-state index contributed by atoms with van der Waals surface area (Å²) >= 11 is 0. The van der Waals surface area contributed by atoms with Crippen LogP contribution in [0.5, 0.6) is 5.75 Å². The van der Waals surface area contributed by atoms with Gasteiger partial charge in [0.05, 0.1) is 13.2 Å². The van der Waals surface area contributed by atoms with E-state index in [1.165, 1.54) is 0 Å². The van der Waals surface area contributed by atoms with Gasteiger partial charge in [-0.15, -0.1) is 0 Å². The van der Waals surface area contributed by atoms with Crippen molar-refractivity contribution < 1.29 is 14.3 Å². The molecule has 0 spiro atoms. The third kappa shape index (κ3) is 4.46. The van der Waals surface area contributed by atoms with Crippen LogP contribution in [0, 0.1) is 0 Å². The van der Waals surface area contributed by atoms with E-state index in [1.54, 1.807) is 31.4 Å². The first-order chi connectivity index (χ1) is 10.2. The molecular formula is C15H21N3O3. The molecule has 114 valence electrons. The lowest BCUT2D eigenvalue weighted by Crippen LogP contribution is -2.43. The van der Waals surface area contributed by atoms with Crippen LogP contribution in [0.25, 0.3) is 0 Å². The van der Waals surface area contributed by atoms with Crippen molar-refractivity contribution in [3.8, 4) is 5.75 Å². The molecular weight excluding hydrogens is 270 g/mol. The highest BCUT2D eigenvalue weighted by atomic mass is 16.5. The number of hydrogen-bond acceptors (Lipinski definition) is 4. The number of amides is 2. The van der Waals surface area contributed by atoms with Crippen LogP contribution in [-0.4, -0.2) is 44.6 Å². The van der Waals surface area contributed by atoms with E-state index in [2.05, 4.69) is 16.0 Å². The zero-order chi connectivity index (χ0) is 15.1. The monoisotopic (exact) mass is 291 g/mol. The molecule has 0 aliphatic carbocycles. The average Bonchev–Trinajstić information content (AvgIpc) is 3.05. The molecule has 3 N–H and O–H groups in total. The van der Waals surface area contributed by atoms with Gasteiger partial charge in [0.25, 0.3) is 5.91 Å². The molecule has 1 aliphatic rings. The van der Waals surface area contributed by atoms with Crippen LogP contribution in [0.2, 0.25) is 0 Å². The molecule has 1 aromatic rings. The third-order valence-electron chi connectivity index (χ3n) is 3.44. The summed E-state index contributed by atoms with van der Waals surface area (Å²) in [6.07, 6.45) is 1.91. The van der Waals surface area contributed by atoms with Crippen LogP contribution in [0.4, 0.5) is 0 Å². The molecule has 0 saturated carbocycles. The lowest BCUT2D eigenvalue weighted by Gasteiger charge is -2.11. The number of benzene rings is 1. The Morgan fingerprint density at radius 2 is 1.95 bits per heavy atom. The van der Waals surface area contributed by atoms with Crippen molar-refractivity contribution >= 4 is 11.8 Å². The Labute approximate surface area is 124 Å². The van der Waals surface area contributed by atoms with Crippen LogP contribution >= 0.6 is 0 Å². The van der Waals surface area contributed by atoms with Crippen molar-refractivity contribution in [3.63, 3.8) is 0 Å². The van der Waals surface area contributed by atoms with Gasteiger partial charge in [0.1, 0.15) is 5.75 Å². The van der Waals surface area contributed by atoms with E-state index in [0.717, 1.165) is 19.4 Å². The van der Waals surface area contributed by atoms with Crippen LogP contribution in [0.15, 0.2) is 24.3 Å². The Balaban J connectivity index is 1.67. The Hall–Kier alpha value is -2.08. The number of rotatable bonds is 6. The Morgan fingerprint density at radius 3 is 2.57 bits per heavy atom. The first-order valence-electron chi connectivity index (χ1n) is 7.14. The minimum absolute atomic E-state index is 0.00574. The van der Waals surface area contributed by atoms with Crippen molar-refractivity contribution in [2.24, 2.45) is 0 Å². The molecule has 1 aliphatic heterocycles. The predicted molar refractivity (Wildman–Crippen MR) is 79.4 cm³/mol. The van der Waals surface area contributed by atoms with E-state index in [4.69, 9.17) is 4.74 Å². The molecule has 1 saturated heterocycles. The average molecular weight is 291 g/mol. The molecule has 1 heterocycles. The summed E-state index contributed by atoms with van der Waals surface area (Å²) in [5.74, 6) is 0.556. The SMILES string of the molecule is COc1ccc(C(=O)NCCNC(=O)C2CCCN2)cc1. The van der Waals surface area contributed by atoms with Crippen molar-refractivity contribution in [2.45, 2.75) is 18.9 Å². The molecule has 6 nitrogen and oxygen atoms in total. The molecule has 0 radical (unpaired) electrons. The van der Waals surface area contributed by atoms with E-state index in [1.807, 2.05) is 0 Å². The summed E-state index contributed by atoms with van der Waals surface area (Å²) < 4.78 is 5.04. The molecule has 0 aromatic heterocycles. The smallest absolute Gasteiger partial charge is 0.251 e. The van der Waals surface area contributed by atoms with Crippen LogP contribution < -0.4 is 20.7 Å². The number of carbonyl (C=O) groups is 2. The Bertz CT molecular complexity index is 481. The van der Waals surface area contributed by atoms with Gasteiger partial charge in [0.15, 0.2) is 0 Å². The second kappa shape index (κ2) is 7.64. The maximum absolute atomic E-state index is 11.9. The van der Waals surface area contributed by atoms with Crippen LogP contribution in [0.1, 0.15) is 23.2 Å². The third-order valence-corrected chi connectivity index (χ3v) is 3.44. The zero-order valence-electron chi connectivity index (χ0n) is 12.1. The predicted octanol–water partition coefficient (Wildman–Crippen LogP) is 0.293. The van der Waals surface area contributed by atoms with Gasteiger partial charge in [-0.25, -0.2) is 0 Å². The van der Waals surface area contributed by atoms with Crippen molar-refractivity contribution in [1.82, 2.24) is 16.0 Å². The van der Waals surface area contributed by atoms with Gasteiger partial charge in [0.2, 0.25) is 5.91 Å². The highest BCUT2D eigenvalue weighted by Gasteiger charge is 2.21. The molecule has 2 amide bonds. The lowest BCUT2D eigenvalue weighted by atomic mass is 10.2. The number of carbonyl (C=O) groups excluding carboxylic acids is 2. The highest BCUT2D eigenvalue weighted by Crippen LogP contribution is 2.10. The molecule has 1 unspecified atom stereocenters. The molecule has 21 heavy (non-hydrogen) atoms. The Kier molecular flexibility index (Phi) is 5.57. The normalized spacial score (nSPS) is 17.3. The second-order valence-electron chi connectivity index (χ2n) is 4.92. The van der Waals surface area contributed by atoms with Gasteiger partial charge in [-0.1, -0.05) is 0 Å². The first kappa shape index (κ1) is 15.3. The van der Waals surface area contributed by atoms with Crippen LogP contribution in [0.3, 0.4) is 0 Å². The molecule has 0 bridgehead atoms. The number of ether oxygens (including phenoxy) is 1. The van der Waals surface area contributed by atoms with Gasteiger partial charge < -0.3 is 20.7 Å². The van der Waals surface area contributed by atoms with E-state index in [0.29, 0.717) is 24.4 Å². The van der Waals surface area contributed by atoms with Gasteiger partial charge >= 0.3 is 0 Å². The quantitative estimate of drug-likeness (QED) is 0.658. The second-order valence-corrected chi connectivity index (χ2v) is 4.92. The topological polar surface area (TPSA) is 79.5 Å². The molecule has 1 atom stereocenters. The minimum atomic E-state index is -0.161. The van der Waals surface area contributed by atoms with E-state index >= 15 is 0 Å². The number of hydrogen-bond donors (Lipinski definition) is 3. The Morgan fingerprint density at radius 1 is 1.24 bits per heavy atom. The standard InChI is InChI=1S/C15H21N3O3/c1-21-12-6-4-11(5-7-12)14(19)17-9-10-18-15(20)13-3-2-8-16-13/h4-7,13,16H,2-3,8-10H2,1H3,(H,17,19)(H,18,20). The maximum atomic E-state index is 11.9. The highest BCUT2D eigenvalue weighted by molar-refractivity contribution is 5.94. The summed E-state index contributed by atoms with van der Waals surface area (Å²) in [5.41, 5.74) is 0.569. The van der Waals surface area contributed by atoms with E-state index < -0.39 is 0 Å². The van der Waals surface area contributed by atoms with Gasteiger partial charge in [0, 0.05) is 18.7 Å². The summed E-state index contributed by atoms with van der Waals surface area (Å²) in [4.78, 5) is 23.6. The maximum Gasteiger partial charge on any atom is 0.251 e. The zero-order valence-corrected chi connectivity index (χ0v) is 12.1. The van der Waals surface area contributed by atoms with E-state index in [9.17, 15) is 9.59 Å². The fourth-order valence-corrected chi connectivity index (χ4v) is 2.24. The molecule has 6 heteroatoms. The lowest BCUT2D eigenvalue weighted by molar-refractivity contribution is -0.122. The summed E-state index contributed by atoms with van der Waals surface area (Å²) in [6.45, 7) is 1.73. The van der Waals surface area contributed by atoms with Gasteiger partial charge in [-0.05, 0) is 43.7 Å². The van der Waals surface area contributed by atoms with E-state index in [-0.39, 0.29) is 17.9 Å². The van der Waals surface area contributed by atoms with Crippen LogP contribution in [-0.2, 0) is 4.79 Å². The first-order valence-corrected chi connectivity index (χ1v) is 7.14. The fourth-order valence-electron chi connectivity index (χ4n) is 2.24. The summed E-state index contributed by atoms with van der Waals surface area (Å²) in [7, 11) is 1.58. The molecule has 2 rings (SSSR count). The summed E-state index contributed by atoms with van der Waals surface area (Å²) in [5, 5.41) is 8.71. The van der Waals surface area contributed by atoms with Gasteiger partial charge in [-0.3, -0.25) is 9.59 Å². The number of nitrogens with one attached hydrogen (secondary N) is 3. The van der Waals surface area contributed by atoms with Crippen molar-refractivity contribution in [3.05, 3.63) is 29.8 Å². The molecule has 1 fully saturated rings.